The molecule has 0 aliphatic heterocycles. The van der Waals surface area contributed by atoms with Crippen LogP contribution in [0.1, 0.15) is 18.2 Å². The van der Waals surface area contributed by atoms with Gasteiger partial charge < -0.3 is 9.64 Å². The Labute approximate surface area is 137 Å². The Morgan fingerprint density at radius 3 is 2.74 bits per heavy atom. The van der Waals surface area contributed by atoms with Crippen LogP contribution >= 0.6 is 0 Å². The largest absolute Gasteiger partial charge is 0.496 e. The van der Waals surface area contributed by atoms with Crippen molar-refractivity contribution in [1.82, 2.24) is 14.7 Å². The number of nitrogens with one attached hydrogen (secondary N) is 1. The van der Waals surface area contributed by atoms with Crippen molar-refractivity contribution in [2.45, 2.75) is 26.3 Å². The highest BCUT2D eigenvalue weighted by Crippen LogP contribution is 2.20. The zero-order chi connectivity index (χ0) is 17.0. The van der Waals surface area contributed by atoms with E-state index in [-0.39, 0.29) is 12.1 Å². The van der Waals surface area contributed by atoms with E-state index in [1.165, 1.54) is 0 Å². The predicted octanol–water partition coefficient (Wildman–Crippen LogP) is 2.83. The van der Waals surface area contributed by atoms with Crippen molar-refractivity contribution in [3.05, 3.63) is 41.6 Å². The third kappa shape index (κ3) is 4.03. The number of para-hydroxylation sites is 1. The maximum absolute atomic E-state index is 12.4. The molecule has 6 heteroatoms. The highest BCUT2D eigenvalue weighted by Gasteiger charge is 2.18. The fraction of sp³-hybridized carbons (Fsp3) is 0.412. The number of carbonyl (C=O) groups excluding carboxylic acids is 1. The van der Waals surface area contributed by atoms with Crippen molar-refractivity contribution >= 4 is 11.8 Å². The van der Waals surface area contributed by atoms with Crippen LogP contribution in [0.2, 0.25) is 0 Å². The molecule has 1 heterocycles. The third-order valence-corrected chi connectivity index (χ3v) is 3.93. The number of anilines is 1. The molecule has 0 fully saturated rings. The Kier molecular flexibility index (Phi) is 5.26. The molecule has 1 aromatic carbocycles. The molecule has 0 aliphatic rings. The lowest BCUT2D eigenvalue weighted by Crippen LogP contribution is -2.39. The van der Waals surface area contributed by atoms with Gasteiger partial charge in [0.2, 0.25) is 0 Å². The number of rotatable bonds is 5. The van der Waals surface area contributed by atoms with E-state index in [4.69, 9.17) is 4.74 Å². The number of aromatic nitrogens is 2. The van der Waals surface area contributed by atoms with Crippen LogP contribution in [0.5, 0.6) is 5.75 Å². The predicted molar refractivity (Wildman–Crippen MR) is 90.9 cm³/mol. The molecule has 0 bridgehead atoms. The summed E-state index contributed by atoms with van der Waals surface area (Å²) in [4.78, 5) is 14.1. The average Bonchev–Trinajstić information content (AvgIpc) is 2.84. The van der Waals surface area contributed by atoms with Gasteiger partial charge in [-0.05, 0) is 31.9 Å². The molecule has 0 radical (unpaired) electrons. The number of ether oxygens (including phenoxy) is 1. The minimum absolute atomic E-state index is 0.0284. The van der Waals surface area contributed by atoms with E-state index < -0.39 is 0 Å². The number of hydrogen-bond acceptors (Lipinski definition) is 3. The molecular formula is C17H24N4O2. The quantitative estimate of drug-likeness (QED) is 0.923. The van der Waals surface area contributed by atoms with Gasteiger partial charge in [0.15, 0.2) is 0 Å². The number of nitrogens with zero attached hydrogens (tertiary/aromatic N) is 3. The van der Waals surface area contributed by atoms with E-state index in [0.29, 0.717) is 5.82 Å². The molecule has 2 rings (SSSR count). The van der Waals surface area contributed by atoms with Crippen LogP contribution in [0.15, 0.2) is 30.3 Å². The molecule has 124 valence electrons. The first-order valence-electron chi connectivity index (χ1n) is 7.58. The Balaban J connectivity index is 2.02. The number of hydrogen-bond donors (Lipinski definition) is 1. The first-order valence-corrected chi connectivity index (χ1v) is 7.58. The van der Waals surface area contributed by atoms with Crippen LogP contribution in [0.25, 0.3) is 0 Å². The van der Waals surface area contributed by atoms with Crippen molar-refractivity contribution < 1.29 is 9.53 Å². The number of benzene rings is 1. The summed E-state index contributed by atoms with van der Waals surface area (Å²) in [5.41, 5.74) is 1.95. The molecular weight excluding hydrogens is 292 g/mol. The van der Waals surface area contributed by atoms with Crippen LogP contribution in [0.3, 0.4) is 0 Å². The highest BCUT2D eigenvalue weighted by molar-refractivity contribution is 5.88. The van der Waals surface area contributed by atoms with Gasteiger partial charge in [0.05, 0.1) is 12.8 Å². The second-order valence-electron chi connectivity index (χ2n) is 5.70. The molecule has 1 aromatic heterocycles. The fourth-order valence-corrected chi connectivity index (χ4v) is 2.45. The maximum atomic E-state index is 12.4. The van der Waals surface area contributed by atoms with Gasteiger partial charge in [-0.3, -0.25) is 10.00 Å². The zero-order valence-corrected chi connectivity index (χ0v) is 14.3. The van der Waals surface area contributed by atoms with Crippen molar-refractivity contribution in [3.8, 4) is 5.75 Å². The molecule has 1 atom stereocenters. The highest BCUT2D eigenvalue weighted by atomic mass is 16.5. The van der Waals surface area contributed by atoms with E-state index in [1.807, 2.05) is 44.2 Å². The van der Waals surface area contributed by atoms with Crippen molar-refractivity contribution in [2.24, 2.45) is 7.05 Å². The normalized spacial score (nSPS) is 11.9. The summed E-state index contributed by atoms with van der Waals surface area (Å²) in [5, 5.41) is 7.11. The maximum Gasteiger partial charge on any atom is 0.322 e. The minimum atomic E-state index is -0.157. The monoisotopic (exact) mass is 316 g/mol. The third-order valence-electron chi connectivity index (χ3n) is 3.93. The van der Waals surface area contributed by atoms with Gasteiger partial charge in [-0.1, -0.05) is 18.2 Å². The summed E-state index contributed by atoms with van der Waals surface area (Å²) in [6, 6.07) is 9.58. The number of carbonyl (C=O) groups is 1. The Hall–Kier alpha value is -2.50. The lowest BCUT2D eigenvalue weighted by atomic mass is 10.1. The summed E-state index contributed by atoms with van der Waals surface area (Å²) >= 11 is 0. The van der Waals surface area contributed by atoms with Gasteiger partial charge >= 0.3 is 6.03 Å². The summed E-state index contributed by atoms with van der Waals surface area (Å²) in [5.74, 6) is 1.53. The first-order chi connectivity index (χ1) is 10.9. The first kappa shape index (κ1) is 16.9. The van der Waals surface area contributed by atoms with Crippen LogP contribution in [0.4, 0.5) is 10.6 Å². The molecule has 6 nitrogen and oxygen atoms in total. The SMILES string of the molecule is COc1ccccc1C[C@@H](C)N(C)C(=O)Nc1cc(C)nn1C. The van der Waals surface area contributed by atoms with Crippen molar-refractivity contribution in [3.63, 3.8) is 0 Å². The van der Waals surface area contributed by atoms with E-state index in [0.717, 1.165) is 23.4 Å². The van der Waals surface area contributed by atoms with Gasteiger partial charge in [-0.2, -0.15) is 5.10 Å². The number of methoxy groups -OCH3 is 1. The molecule has 1 N–H and O–H groups in total. The standard InChI is InChI=1S/C17H24N4O2/c1-12-10-16(21(4)19-12)18-17(22)20(3)13(2)11-14-8-6-7-9-15(14)23-5/h6-10,13H,11H2,1-5H3,(H,18,22)/t13-/m1/s1. The molecule has 2 aromatic rings. The number of amides is 2. The zero-order valence-electron chi connectivity index (χ0n) is 14.3. The summed E-state index contributed by atoms with van der Waals surface area (Å²) in [6.07, 6.45) is 0.721. The fourth-order valence-electron chi connectivity index (χ4n) is 2.45. The molecule has 23 heavy (non-hydrogen) atoms. The molecule has 0 unspecified atom stereocenters. The van der Waals surface area contributed by atoms with Crippen LogP contribution in [-0.2, 0) is 13.5 Å². The lowest BCUT2D eigenvalue weighted by molar-refractivity contribution is 0.207. The van der Waals surface area contributed by atoms with E-state index in [9.17, 15) is 4.79 Å². The smallest absolute Gasteiger partial charge is 0.322 e. The number of aryl methyl sites for hydroxylation is 2. The van der Waals surface area contributed by atoms with Crippen LogP contribution in [-0.4, -0.2) is 40.9 Å². The molecule has 0 spiro atoms. The van der Waals surface area contributed by atoms with Gasteiger partial charge in [0.25, 0.3) is 0 Å². The summed E-state index contributed by atoms with van der Waals surface area (Å²) in [7, 11) is 5.25. The summed E-state index contributed by atoms with van der Waals surface area (Å²) < 4.78 is 7.03. The van der Waals surface area contributed by atoms with E-state index >= 15 is 0 Å². The second kappa shape index (κ2) is 7.17. The van der Waals surface area contributed by atoms with E-state index in [2.05, 4.69) is 10.4 Å². The van der Waals surface area contributed by atoms with Gasteiger partial charge in [0, 0.05) is 26.2 Å². The van der Waals surface area contributed by atoms with Crippen LogP contribution < -0.4 is 10.1 Å². The second-order valence-corrected chi connectivity index (χ2v) is 5.70. The number of likely N-dealkylation sites (N-methyl/N-ethyl adjacent to an activating group) is 1. The van der Waals surface area contributed by atoms with Crippen LogP contribution in [0, 0.1) is 6.92 Å². The molecule has 0 saturated carbocycles. The van der Waals surface area contributed by atoms with Gasteiger partial charge in [-0.15, -0.1) is 0 Å². The van der Waals surface area contributed by atoms with E-state index in [1.54, 1.807) is 30.8 Å². The molecule has 2 amide bonds. The summed E-state index contributed by atoms with van der Waals surface area (Å²) in [6.45, 7) is 3.91. The molecule has 0 saturated heterocycles. The molecule has 0 aliphatic carbocycles. The minimum Gasteiger partial charge on any atom is -0.496 e. The average molecular weight is 316 g/mol. The number of urea groups is 1. The Bertz CT molecular complexity index is 681. The van der Waals surface area contributed by atoms with Crippen molar-refractivity contribution in [1.29, 1.82) is 0 Å². The topological polar surface area (TPSA) is 59.4 Å². The Morgan fingerprint density at radius 1 is 1.43 bits per heavy atom. The van der Waals surface area contributed by atoms with Gasteiger partial charge in [0.1, 0.15) is 11.6 Å². The van der Waals surface area contributed by atoms with Crippen molar-refractivity contribution in [2.75, 3.05) is 19.5 Å². The van der Waals surface area contributed by atoms with Gasteiger partial charge in [-0.25, -0.2) is 4.79 Å². The Morgan fingerprint density at radius 2 is 2.13 bits per heavy atom. The lowest BCUT2D eigenvalue weighted by Gasteiger charge is -2.25.